The monoisotopic (exact) mass is 452 g/mol. The van der Waals surface area contributed by atoms with E-state index in [1.54, 1.807) is 13.3 Å². The number of ether oxygens (including phenoxy) is 1. The summed E-state index contributed by atoms with van der Waals surface area (Å²) in [7, 11) is 1.63. The molecule has 6 nitrogen and oxygen atoms in total. The Labute approximate surface area is 195 Å². The van der Waals surface area contributed by atoms with Crippen LogP contribution in [-0.2, 0) is 4.79 Å². The van der Waals surface area contributed by atoms with Gasteiger partial charge in [0.2, 0.25) is 5.16 Å². The summed E-state index contributed by atoms with van der Waals surface area (Å²) in [5, 5.41) is 10.2. The first-order valence-electron chi connectivity index (χ1n) is 10.4. The number of nitrogens with zero attached hydrogens (tertiary/aromatic N) is 3. The molecule has 0 amide bonds. The lowest BCUT2D eigenvalue weighted by Gasteiger charge is -2.11. The van der Waals surface area contributed by atoms with E-state index in [0.29, 0.717) is 22.5 Å². The van der Waals surface area contributed by atoms with Crippen LogP contribution in [0.2, 0.25) is 0 Å². The molecule has 0 unspecified atom stereocenters. The van der Waals surface area contributed by atoms with Crippen LogP contribution in [0.3, 0.4) is 0 Å². The van der Waals surface area contributed by atoms with Gasteiger partial charge in [-0.3, -0.25) is 10.1 Å². The van der Waals surface area contributed by atoms with Crippen LogP contribution in [0.1, 0.15) is 0 Å². The van der Waals surface area contributed by atoms with E-state index in [9.17, 15) is 4.79 Å². The van der Waals surface area contributed by atoms with Crippen LogP contribution < -0.4 is 4.74 Å². The molecule has 7 heteroatoms. The van der Waals surface area contributed by atoms with Gasteiger partial charge in [0, 0.05) is 17.3 Å². The average Bonchev–Trinajstić information content (AvgIpc) is 3.36. The molecule has 2 aromatic heterocycles. The number of hydrogen-bond acceptors (Lipinski definition) is 6. The van der Waals surface area contributed by atoms with Crippen LogP contribution >= 0.6 is 11.8 Å². The molecule has 1 N–H and O–H groups in total. The van der Waals surface area contributed by atoms with Gasteiger partial charge in [0.25, 0.3) is 0 Å². The first kappa shape index (κ1) is 20.9. The fraction of sp³-hybridized carbons (Fsp3) is 0.0769. The molecule has 33 heavy (non-hydrogen) atoms. The van der Waals surface area contributed by atoms with E-state index in [2.05, 4.69) is 68.7 Å². The lowest BCUT2D eigenvalue weighted by atomic mass is 9.95. The topological polar surface area (TPSA) is 80.8 Å². The summed E-state index contributed by atoms with van der Waals surface area (Å²) in [5.74, 6) is 1.65. The fourth-order valence-corrected chi connectivity index (χ4v) is 4.19. The Hall–Kier alpha value is -3.97. The predicted octanol–water partition coefficient (Wildman–Crippen LogP) is 5.65. The summed E-state index contributed by atoms with van der Waals surface area (Å²) in [6.45, 7) is 0. The maximum Gasteiger partial charge on any atom is 0.209 e. The molecule has 0 saturated heterocycles. The second-order valence-corrected chi connectivity index (χ2v) is 8.41. The van der Waals surface area contributed by atoms with E-state index < -0.39 is 0 Å². The lowest BCUT2D eigenvalue weighted by molar-refractivity contribution is -0.105. The second-order valence-electron chi connectivity index (χ2n) is 7.42. The average molecular weight is 453 g/mol. The molecule has 0 aliphatic carbocycles. The van der Waals surface area contributed by atoms with Crippen LogP contribution in [0.4, 0.5) is 0 Å². The molecule has 0 aliphatic rings. The molecule has 5 aromatic rings. The molecule has 0 radical (unpaired) electrons. The van der Waals surface area contributed by atoms with Crippen molar-refractivity contribution < 1.29 is 9.53 Å². The van der Waals surface area contributed by atoms with Gasteiger partial charge in [0.05, 0.1) is 19.1 Å². The molecule has 5 rings (SSSR count). The molecule has 3 aromatic carbocycles. The van der Waals surface area contributed by atoms with E-state index in [0.717, 1.165) is 34.1 Å². The largest absolute Gasteiger partial charge is 0.495 e. The van der Waals surface area contributed by atoms with Crippen molar-refractivity contribution in [3.05, 3.63) is 79.1 Å². The van der Waals surface area contributed by atoms with Crippen molar-refractivity contribution in [2.75, 3.05) is 12.9 Å². The van der Waals surface area contributed by atoms with Gasteiger partial charge < -0.3 is 9.53 Å². The number of thioether (sulfide) groups is 1. The van der Waals surface area contributed by atoms with Gasteiger partial charge in [0.1, 0.15) is 12.0 Å². The smallest absolute Gasteiger partial charge is 0.209 e. The van der Waals surface area contributed by atoms with Crippen molar-refractivity contribution in [1.29, 1.82) is 0 Å². The molecule has 162 valence electrons. The molecular weight excluding hydrogens is 432 g/mol. The molecule has 0 spiro atoms. The number of carbonyl (C=O) groups excluding carboxylic acids is 1. The number of aromatic nitrogens is 4. The zero-order valence-corrected chi connectivity index (χ0v) is 18.7. The number of benzene rings is 3. The van der Waals surface area contributed by atoms with Crippen LogP contribution in [0, 0.1) is 0 Å². The van der Waals surface area contributed by atoms with E-state index in [1.807, 2.05) is 24.4 Å². The highest BCUT2D eigenvalue weighted by atomic mass is 32.2. The minimum Gasteiger partial charge on any atom is -0.495 e. The molecule has 0 saturated carbocycles. The number of methoxy groups -OCH3 is 1. The number of nitrogens with one attached hydrogen (secondary N) is 1. The van der Waals surface area contributed by atoms with Crippen LogP contribution in [-0.4, -0.2) is 39.3 Å². The Balaban J connectivity index is 1.65. The normalized spacial score (nSPS) is 10.9. The van der Waals surface area contributed by atoms with Gasteiger partial charge in [-0.15, -0.1) is 5.10 Å². The highest BCUT2D eigenvalue weighted by molar-refractivity contribution is 7.99. The van der Waals surface area contributed by atoms with Crippen molar-refractivity contribution in [1.82, 2.24) is 20.2 Å². The van der Waals surface area contributed by atoms with Gasteiger partial charge in [0.15, 0.2) is 5.82 Å². The molecule has 0 atom stereocenters. The minimum absolute atomic E-state index is 0.315. The third-order valence-electron chi connectivity index (χ3n) is 5.32. The summed E-state index contributed by atoms with van der Waals surface area (Å²) in [6.07, 6.45) is 4.34. The van der Waals surface area contributed by atoms with E-state index in [1.165, 1.54) is 22.5 Å². The second kappa shape index (κ2) is 9.26. The maximum atomic E-state index is 10.7. The summed E-state index contributed by atoms with van der Waals surface area (Å²) in [5.41, 5.74) is 4.97. The SMILES string of the molecule is COc1cncc(-c2cc(-c3ccc4ccccc4c3)cc(-c3nc(SCC=O)n[nH]3)c2)c1. The summed E-state index contributed by atoms with van der Waals surface area (Å²) in [4.78, 5) is 19.6. The van der Waals surface area contributed by atoms with Crippen LogP contribution in [0.5, 0.6) is 5.75 Å². The Morgan fingerprint density at radius 2 is 1.67 bits per heavy atom. The first-order chi connectivity index (χ1) is 16.2. The number of hydrogen-bond donors (Lipinski definition) is 1. The van der Waals surface area contributed by atoms with Gasteiger partial charge in [-0.05, 0) is 57.8 Å². The van der Waals surface area contributed by atoms with Crippen LogP contribution in [0.25, 0.3) is 44.4 Å². The quantitative estimate of drug-likeness (QED) is 0.254. The number of aldehydes is 1. The zero-order valence-electron chi connectivity index (χ0n) is 17.9. The van der Waals surface area contributed by atoms with Gasteiger partial charge >= 0.3 is 0 Å². The summed E-state index contributed by atoms with van der Waals surface area (Å²) in [6, 6.07) is 23.0. The Morgan fingerprint density at radius 3 is 2.48 bits per heavy atom. The summed E-state index contributed by atoms with van der Waals surface area (Å²) >= 11 is 1.30. The third-order valence-corrected chi connectivity index (χ3v) is 6.06. The van der Waals surface area contributed by atoms with E-state index in [4.69, 9.17) is 4.74 Å². The maximum absolute atomic E-state index is 10.7. The van der Waals surface area contributed by atoms with Gasteiger partial charge in [-0.25, -0.2) is 4.98 Å². The number of H-pyrrole nitrogens is 1. The van der Waals surface area contributed by atoms with Gasteiger partial charge in [-0.2, -0.15) is 0 Å². The number of carbonyl (C=O) groups is 1. The highest BCUT2D eigenvalue weighted by Gasteiger charge is 2.12. The van der Waals surface area contributed by atoms with E-state index >= 15 is 0 Å². The third kappa shape index (κ3) is 4.49. The fourth-order valence-electron chi connectivity index (χ4n) is 3.70. The molecule has 2 heterocycles. The first-order valence-corrected chi connectivity index (χ1v) is 11.3. The number of pyridine rings is 1. The van der Waals surface area contributed by atoms with Gasteiger partial charge in [-0.1, -0.05) is 48.2 Å². The minimum atomic E-state index is 0.315. The predicted molar refractivity (Wildman–Crippen MR) is 131 cm³/mol. The number of aromatic amines is 1. The van der Waals surface area contributed by atoms with Crippen molar-refractivity contribution in [3.63, 3.8) is 0 Å². The van der Waals surface area contributed by atoms with Crippen molar-refractivity contribution >= 4 is 28.8 Å². The Morgan fingerprint density at radius 1 is 0.879 bits per heavy atom. The molecular formula is C26H20N4O2S. The Kier molecular flexibility index (Phi) is 5.87. The van der Waals surface area contributed by atoms with Crippen LogP contribution in [0.15, 0.2) is 84.3 Å². The number of rotatable bonds is 7. The molecule has 0 bridgehead atoms. The standard InChI is InChI=1S/C26H20N4O2S/c1-32-24-14-23(15-27-16-24)21-11-20(19-7-6-17-4-2-3-5-18(17)10-19)12-22(13-21)25-28-26(30-29-25)33-9-8-31/h2-8,10-16H,9H2,1H3,(H,28,29,30). The number of fused-ring (bicyclic) bond motifs is 1. The van der Waals surface area contributed by atoms with Crippen molar-refractivity contribution in [2.24, 2.45) is 0 Å². The molecule has 0 fully saturated rings. The molecule has 0 aliphatic heterocycles. The lowest BCUT2D eigenvalue weighted by Crippen LogP contribution is -1.90. The van der Waals surface area contributed by atoms with Crippen molar-refractivity contribution in [2.45, 2.75) is 5.16 Å². The Bertz CT molecular complexity index is 1450. The van der Waals surface area contributed by atoms with E-state index in [-0.39, 0.29) is 0 Å². The van der Waals surface area contributed by atoms with Crippen molar-refractivity contribution in [3.8, 4) is 39.4 Å². The highest BCUT2D eigenvalue weighted by Crippen LogP contribution is 2.34. The summed E-state index contributed by atoms with van der Waals surface area (Å²) < 4.78 is 5.37. The zero-order chi connectivity index (χ0) is 22.6.